The summed E-state index contributed by atoms with van der Waals surface area (Å²) in [5.41, 5.74) is 9.64. The maximum atomic E-state index is 15.1. The molecule has 1 fully saturated rings. The monoisotopic (exact) mass is 503 g/mol. The van der Waals surface area contributed by atoms with Gasteiger partial charge >= 0.3 is 0 Å². The molecule has 0 aromatic carbocycles. The van der Waals surface area contributed by atoms with E-state index in [4.69, 9.17) is 11.1 Å². The van der Waals surface area contributed by atoms with E-state index in [1.807, 2.05) is 10.7 Å². The molecule has 5 N–H and O–H groups in total. The van der Waals surface area contributed by atoms with Gasteiger partial charge in [-0.15, -0.1) is 13.2 Å². The molecular formula is C29H38FN7. The molecule has 1 aliphatic rings. The topological polar surface area (TPSA) is 105 Å². The lowest BCUT2D eigenvalue weighted by Gasteiger charge is -2.34. The Morgan fingerprint density at radius 2 is 1.84 bits per heavy atom. The summed E-state index contributed by atoms with van der Waals surface area (Å²) in [6, 6.07) is 4.80. The van der Waals surface area contributed by atoms with Gasteiger partial charge in [0, 0.05) is 28.9 Å². The minimum Gasteiger partial charge on any atom is -0.402 e. The van der Waals surface area contributed by atoms with Crippen molar-refractivity contribution < 1.29 is 4.39 Å². The van der Waals surface area contributed by atoms with Gasteiger partial charge in [0.05, 0.1) is 34.9 Å². The van der Waals surface area contributed by atoms with Crippen LogP contribution in [0, 0.1) is 17.3 Å². The lowest BCUT2D eigenvalue weighted by atomic mass is 9.82. The summed E-state index contributed by atoms with van der Waals surface area (Å²) in [5, 5.41) is 19.1. The molecule has 2 heterocycles. The van der Waals surface area contributed by atoms with Crippen LogP contribution in [0.25, 0.3) is 11.3 Å². The second-order valence-electron chi connectivity index (χ2n) is 9.49. The molecule has 0 spiro atoms. The molecule has 0 bridgehead atoms. The Bertz CT molecular complexity index is 1200. The second kappa shape index (κ2) is 12.3. The van der Waals surface area contributed by atoms with E-state index >= 15 is 4.39 Å². The van der Waals surface area contributed by atoms with Gasteiger partial charge in [0.2, 0.25) is 5.95 Å². The summed E-state index contributed by atoms with van der Waals surface area (Å²) in [5.74, 6) is -0.375. The van der Waals surface area contributed by atoms with E-state index in [1.54, 1.807) is 44.3 Å². The van der Waals surface area contributed by atoms with Crippen molar-refractivity contribution in [2.45, 2.75) is 58.0 Å². The van der Waals surface area contributed by atoms with Crippen LogP contribution in [0.5, 0.6) is 0 Å². The standard InChI is InChI=1S/C29H38FN7/c1-7-23(8-2)37-26(16-17-33-37)20(5)35-28(22-12-10-9-11-13-22)21(6)34-25-15-14-24(36-29(25)30)27(18(3)31)19(4)32/h7-8,14-17,22-23,28,31,34-35H,1-2,5-6,9-13,32H2,3-4H3/b27-19+,31-18?. The zero-order valence-corrected chi connectivity index (χ0v) is 21.9. The van der Waals surface area contributed by atoms with Crippen molar-refractivity contribution in [3.05, 3.63) is 91.6 Å². The van der Waals surface area contributed by atoms with E-state index in [0.29, 0.717) is 34.3 Å². The van der Waals surface area contributed by atoms with E-state index in [9.17, 15) is 0 Å². The molecule has 2 aromatic rings. The molecule has 1 unspecified atom stereocenters. The second-order valence-corrected chi connectivity index (χ2v) is 9.49. The van der Waals surface area contributed by atoms with Crippen molar-refractivity contribution in [1.29, 1.82) is 5.41 Å². The van der Waals surface area contributed by atoms with Gasteiger partial charge in [0.25, 0.3) is 0 Å². The van der Waals surface area contributed by atoms with E-state index in [1.165, 1.54) is 6.42 Å². The Morgan fingerprint density at radius 1 is 1.16 bits per heavy atom. The molecule has 1 atom stereocenters. The average Bonchev–Trinajstić information content (AvgIpc) is 3.35. The molecule has 8 heteroatoms. The number of pyridine rings is 1. The highest BCUT2D eigenvalue weighted by molar-refractivity contribution is 6.21. The van der Waals surface area contributed by atoms with Crippen LogP contribution < -0.4 is 16.4 Å². The van der Waals surface area contributed by atoms with Crippen LogP contribution in [0.3, 0.4) is 0 Å². The SMILES string of the molecule is C=CC(C=C)n1nccc1C(=C)NC(C(=C)Nc1ccc(/C(C(C)=N)=C(\C)N)nc1F)C1CCCCC1. The maximum absolute atomic E-state index is 15.1. The third kappa shape index (κ3) is 6.44. The van der Waals surface area contributed by atoms with Gasteiger partial charge in [-0.05, 0) is 50.8 Å². The first-order chi connectivity index (χ1) is 17.7. The van der Waals surface area contributed by atoms with Gasteiger partial charge in [0.1, 0.15) is 0 Å². The first-order valence-electron chi connectivity index (χ1n) is 12.6. The Morgan fingerprint density at radius 3 is 2.41 bits per heavy atom. The summed E-state index contributed by atoms with van der Waals surface area (Å²) >= 11 is 0. The lowest BCUT2D eigenvalue weighted by molar-refractivity contribution is 0.310. The Kier molecular flexibility index (Phi) is 9.22. The number of rotatable bonds is 12. The molecule has 1 saturated carbocycles. The molecule has 0 saturated heterocycles. The minimum atomic E-state index is -0.683. The number of nitrogens with two attached hydrogens (primary N) is 1. The number of aromatic nitrogens is 3. The van der Waals surface area contributed by atoms with Crippen molar-refractivity contribution in [2.75, 3.05) is 5.32 Å². The largest absolute Gasteiger partial charge is 0.402 e. The van der Waals surface area contributed by atoms with Crippen molar-refractivity contribution in [3.8, 4) is 0 Å². The molecule has 1 aliphatic carbocycles. The summed E-state index contributed by atoms with van der Waals surface area (Å²) in [7, 11) is 0. The minimum absolute atomic E-state index is 0.169. The van der Waals surface area contributed by atoms with Crippen LogP contribution in [-0.4, -0.2) is 26.5 Å². The number of hydrogen-bond donors (Lipinski definition) is 4. The summed E-state index contributed by atoms with van der Waals surface area (Å²) in [4.78, 5) is 4.07. The fraction of sp³-hybridized carbons (Fsp3) is 0.345. The average molecular weight is 504 g/mol. The number of nitrogens with one attached hydrogen (secondary N) is 3. The first kappa shape index (κ1) is 27.6. The molecule has 37 heavy (non-hydrogen) atoms. The van der Waals surface area contributed by atoms with Crippen LogP contribution in [0.1, 0.15) is 63.4 Å². The third-order valence-electron chi connectivity index (χ3n) is 6.74. The van der Waals surface area contributed by atoms with Gasteiger partial charge in [-0.3, -0.25) is 4.68 Å². The summed E-state index contributed by atoms with van der Waals surface area (Å²) in [6.45, 7) is 19.6. The number of nitrogens with zero attached hydrogens (tertiary/aromatic N) is 3. The third-order valence-corrected chi connectivity index (χ3v) is 6.74. The van der Waals surface area contributed by atoms with Crippen molar-refractivity contribution in [1.82, 2.24) is 20.1 Å². The number of allylic oxidation sites excluding steroid dienone is 4. The first-order valence-corrected chi connectivity index (χ1v) is 12.6. The molecule has 0 radical (unpaired) electrons. The molecule has 196 valence electrons. The van der Waals surface area contributed by atoms with Gasteiger partial charge in [-0.25, -0.2) is 4.98 Å². The van der Waals surface area contributed by atoms with Gasteiger partial charge in [-0.1, -0.05) is 44.6 Å². The highest BCUT2D eigenvalue weighted by Crippen LogP contribution is 2.32. The lowest BCUT2D eigenvalue weighted by Crippen LogP contribution is -2.40. The van der Waals surface area contributed by atoms with Crippen molar-refractivity contribution in [3.63, 3.8) is 0 Å². The summed E-state index contributed by atoms with van der Waals surface area (Å²) < 4.78 is 16.9. The van der Waals surface area contributed by atoms with E-state index < -0.39 is 5.95 Å². The quantitative estimate of drug-likeness (QED) is 0.157. The van der Waals surface area contributed by atoms with Crippen molar-refractivity contribution >= 4 is 22.7 Å². The predicted octanol–water partition coefficient (Wildman–Crippen LogP) is 6.19. The molecule has 3 rings (SSSR count). The zero-order valence-electron chi connectivity index (χ0n) is 21.9. The smallest absolute Gasteiger partial charge is 0.237 e. The van der Waals surface area contributed by atoms with Crippen LogP contribution in [0.4, 0.5) is 10.1 Å². The number of hydrogen-bond acceptors (Lipinski definition) is 6. The predicted molar refractivity (Wildman–Crippen MR) is 151 cm³/mol. The maximum Gasteiger partial charge on any atom is 0.237 e. The molecule has 7 nitrogen and oxygen atoms in total. The highest BCUT2D eigenvalue weighted by atomic mass is 19.1. The normalized spacial score (nSPS) is 15.5. The Hall–Kier alpha value is -3.94. The zero-order chi connectivity index (χ0) is 27.1. The van der Waals surface area contributed by atoms with E-state index in [-0.39, 0.29) is 23.5 Å². The van der Waals surface area contributed by atoms with E-state index in [0.717, 1.165) is 31.4 Å². The van der Waals surface area contributed by atoms with Gasteiger partial charge in [-0.2, -0.15) is 9.49 Å². The fourth-order valence-electron chi connectivity index (χ4n) is 4.91. The van der Waals surface area contributed by atoms with Crippen LogP contribution >= 0.6 is 0 Å². The number of halogens is 1. The molecule has 0 amide bonds. The van der Waals surface area contributed by atoms with Gasteiger partial charge < -0.3 is 21.8 Å². The fourth-order valence-corrected chi connectivity index (χ4v) is 4.91. The van der Waals surface area contributed by atoms with Crippen LogP contribution in [-0.2, 0) is 0 Å². The molecule has 2 aromatic heterocycles. The Labute approximate surface area is 219 Å². The Balaban J connectivity index is 1.86. The highest BCUT2D eigenvalue weighted by Gasteiger charge is 2.28. The van der Waals surface area contributed by atoms with Crippen LogP contribution in [0.2, 0.25) is 0 Å². The molecular weight excluding hydrogens is 465 g/mol. The van der Waals surface area contributed by atoms with Gasteiger partial charge in [0.15, 0.2) is 0 Å². The summed E-state index contributed by atoms with van der Waals surface area (Å²) in [6.07, 6.45) is 10.8. The van der Waals surface area contributed by atoms with E-state index in [2.05, 4.69) is 47.0 Å². The molecule has 0 aliphatic heterocycles. The van der Waals surface area contributed by atoms with Crippen molar-refractivity contribution in [2.24, 2.45) is 11.7 Å². The van der Waals surface area contributed by atoms with Crippen LogP contribution in [0.15, 0.2) is 74.3 Å². The number of anilines is 1.